The van der Waals surface area contributed by atoms with E-state index >= 15 is 0 Å². The number of benzene rings is 1. The molecule has 2 rings (SSSR count). The number of fused-ring (bicyclic) bond motifs is 1. The van der Waals surface area contributed by atoms with E-state index in [-0.39, 0.29) is 0 Å². The molecule has 12 heavy (non-hydrogen) atoms. The van der Waals surface area contributed by atoms with Gasteiger partial charge in [-0.15, -0.1) is 0 Å². The third-order valence-electron chi connectivity index (χ3n) is 2.39. The zero-order valence-corrected chi connectivity index (χ0v) is 7.58. The molecule has 1 nitrogen and oxygen atoms in total. The van der Waals surface area contributed by atoms with Gasteiger partial charge in [0.15, 0.2) is 0 Å². The smallest absolute Gasteiger partial charge is 0.0855 e. The van der Waals surface area contributed by atoms with Gasteiger partial charge in [0, 0.05) is 0 Å². The summed E-state index contributed by atoms with van der Waals surface area (Å²) in [4.78, 5) is 0. The summed E-state index contributed by atoms with van der Waals surface area (Å²) in [5.74, 6) is 0.577. The lowest BCUT2D eigenvalue weighted by atomic mass is 9.98. The lowest BCUT2D eigenvalue weighted by Crippen LogP contribution is -2.03. The lowest BCUT2D eigenvalue weighted by Gasteiger charge is -2.14. The van der Waals surface area contributed by atoms with Crippen LogP contribution < -0.4 is 0 Å². The second-order valence-corrected chi connectivity index (χ2v) is 3.67. The molecule has 1 aromatic rings. The topological polar surface area (TPSA) is 9.23 Å². The lowest BCUT2D eigenvalue weighted by molar-refractivity contribution is 0.0341. The van der Waals surface area contributed by atoms with Gasteiger partial charge in [0.05, 0.1) is 12.7 Å². The summed E-state index contributed by atoms with van der Waals surface area (Å²) in [7, 11) is 0. The first-order valence-electron chi connectivity index (χ1n) is 4.48. The van der Waals surface area contributed by atoms with Gasteiger partial charge >= 0.3 is 0 Å². The van der Waals surface area contributed by atoms with E-state index < -0.39 is 0 Å². The van der Waals surface area contributed by atoms with Gasteiger partial charge < -0.3 is 4.74 Å². The number of ether oxygens (including phenoxy) is 1. The minimum atomic E-state index is 0.321. The summed E-state index contributed by atoms with van der Waals surface area (Å²) in [6.45, 7) is 5.19. The highest BCUT2D eigenvalue weighted by Gasteiger charge is 2.24. The van der Waals surface area contributed by atoms with Crippen LogP contribution in [-0.2, 0) is 11.3 Å². The van der Waals surface area contributed by atoms with Crippen molar-refractivity contribution in [2.45, 2.75) is 26.6 Å². The Labute approximate surface area is 73.4 Å². The first kappa shape index (κ1) is 7.81. The Hall–Kier alpha value is -0.820. The van der Waals surface area contributed by atoms with Crippen LogP contribution in [0.4, 0.5) is 0 Å². The summed E-state index contributed by atoms with van der Waals surface area (Å²) in [5, 5.41) is 0. The van der Waals surface area contributed by atoms with Crippen molar-refractivity contribution in [1.29, 1.82) is 0 Å². The molecule has 1 heteroatoms. The van der Waals surface area contributed by atoms with Crippen LogP contribution in [0.3, 0.4) is 0 Å². The van der Waals surface area contributed by atoms with Crippen molar-refractivity contribution in [3.63, 3.8) is 0 Å². The maximum absolute atomic E-state index is 5.68. The summed E-state index contributed by atoms with van der Waals surface area (Å²) in [6.07, 6.45) is 0.321. The highest BCUT2D eigenvalue weighted by molar-refractivity contribution is 5.31. The van der Waals surface area contributed by atoms with Crippen molar-refractivity contribution < 1.29 is 4.74 Å². The molecule has 64 valence electrons. The van der Waals surface area contributed by atoms with Crippen molar-refractivity contribution in [2.75, 3.05) is 0 Å². The number of hydrogen-bond acceptors (Lipinski definition) is 1. The highest BCUT2D eigenvalue weighted by Crippen LogP contribution is 2.35. The minimum Gasteiger partial charge on any atom is -0.369 e. The van der Waals surface area contributed by atoms with Crippen LogP contribution in [0, 0.1) is 5.92 Å². The van der Waals surface area contributed by atoms with Crippen LogP contribution in [-0.4, -0.2) is 0 Å². The molecule has 1 unspecified atom stereocenters. The molecule has 0 amide bonds. The molecule has 1 heterocycles. The molecule has 0 saturated heterocycles. The zero-order valence-electron chi connectivity index (χ0n) is 7.58. The van der Waals surface area contributed by atoms with Crippen molar-refractivity contribution in [3.8, 4) is 0 Å². The van der Waals surface area contributed by atoms with Crippen molar-refractivity contribution in [2.24, 2.45) is 5.92 Å². The Kier molecular flexibility index (Phi) is 1.89. The van der Waals surface area contributed by atoms with Crippen LogP contribution in [0.15, 0.2) is 24.3 Å². The quantitative estimate of drug-likeness (QED) is 0.617. The monoisotopic (exact) mass is 162 g/mol. The first-order chi connectivity index (χ1) is 5.79. The summed E-state index contributed by atoms with van der Waals surface area (Å²) >= 11 is 0. The van der Waals surface area contributed by atoms with Crippen LogP contribution in [0.5, 0.6) is 0 Å². The predicted octanol–water partition coefficient (Wildman–Crippen LogP) is 2.91. The maximum Gasteiger partial charge on any atom is 0.0855 e. The van der Waals surface area contributed by atoms with Crippen molar-refractivity contribution >= 4 is 0 Å². The second kappa shape index (κ2) is 2.91. The fourth-order valence-electron chi connectivity index (χ4n) is 1.76. The standard InChI is InChI=1S/C11H14O/c1-8(2)11-10-6-4-3-5-9(10)7-12-11/h3-6,8,11H,7H2,1-2H3. The van der Waals surface area contributed by atoms with Gasteiger partial charge in [-0.1, -0.05) is 38.1 Å². The molecular weight excluding hydrogens is 148 g/mol. The number of rotatable bonds is 1. The Bertz CT molecular complexity index is 278. The van der Waals surface area contributed by atoms with Crippen LogP contribution in [0.1, 0.15) is 31.1 Å². The van der Waals surface area contributed by atoms with Crippen molar-refractivity contribution in [1.82, 2.24) is 0 Å². The largest absolute Gasteiger partial charge is 0.369 e. The Morgan fingerprint density at radius 3 is 2.83 bits per heavy atom. The van der Waals surface area contributed by atoms with Crippen molar-refractivity contribution in [3.05, 3.63) is 35.4 Å². The van der Waals surface area contributed by atoms with Crippen LogP contribution in [0.25, 0.3) is 0 Å². The molecule has 0 aliphatic carbocycles. The number of hydrogen-bond donors (Lipinski definition) is 0. The van der Waals surface area contributed by atoms with Crippen LogP contribution >= 0.6 is 0 Å². The van der Waals surface area contributed by atoms with Gasteiger partial charge in [-0.05, 0) is 17.0 Å². The molecule has 1 aliphatic heterocycles. The average Bonchev–Trinajstić information content (AvgIpc) is 2.47. The molecule has 0 saturated carbocycles. The molecule has 0 N–H and O–H groups in total. The van der Waals surface area contributed by atoms with E-state index in [1.54, 1.807) is 0 Å². The molecule has 1 aliphatic rings. The van der Waals surface area contributed by atoms with E-state index in [0.29, 0.717) is 12.0 Å². The first-order valence-corrected chi connectivity index (χ1v) is 4.48. The van der Waals surface area contributed by atoms with E-state index in [2.05, 4.69) is 38.1 Å². The molecule has 1 atom stereocenters. The maximum atomic E-state index is 5.68. The highest BCUT2D eigenvalue weighted by atomic mass is 16.5. The second-order valence-electron chi connectivity index (χ2n) is 3.67. The molecular formula is C11H14O. The summed E-state index contributed by atoms with van der Waals surface area (Å²) in [6, 6.07) is 8.48. The Morgan fingerprint density at radius 2 is 2.08 bits per heavy atom. The minimum absolute atomic E-state index is 0.321. The molecule has 0 radical (unpaired) electrons. The van der Waals surface area contributed by atoms with Gasteiger partial charge in [-0.2, -0.15) is 0 Å². The average molecular weight is 162 g/mol. The Morgan fingerprint density at radius 1 is 1.33 bits per heavy atom. The molecule has 0 spiro atoms. The van der Waals surface area contributed by atoms with Crippen LogP contribution in [0.2, 0.25) is 0 Å². The van der Waals surface area contributed by atoms with E-state index in [4.69, 9.17) is 4.74 Å². The van der Waals surface area contributed by atoms with E-state index in [0.717, 1.165) is 6.61 Å². The summed E-state index contributed by atoms with van der Waals surface area (Å²) < 4.78 is 5.68. The van der Waals surface area contributed by atoms with Gasteiger partial charge in [-0.3, -0.25) is 0 Å². The van der Waals surface area contributed by atoms with Gasteiger partial charge in [0.2, 0.25) is 0 Å². The summed E-state index contributed by atoms with van der Waals surface area (Å²) in [5.41, 5.74) is 2.74. The predicted molar refractivity (Wildman–Crippen MR) is 48.8 cm³/mol. The van der Waals surface area contributed by atoms with E-state index in [9.17, 15) is 0 Å². The normalized spacial score (nSPS) is 21.4. The fourth-order valence-corrected chi connectivity index (χ4v) is 1.76. The fraction of sp³-hybridized carbons (Fsp3) is 0.455. The molecule has 1 aromatic carbocycles. The SMILES string of the molecule is CC(C)C1OCc2ccccc21. The zero-order chi connectivity index (χ0) is 8.55. The third-order valence-corrected chi connectivity index (χ3v) is 2.39. The van der Waals surface area contributed by atoms with Gasteiger partial charge in [-0.25, -0.2) is 0 Å². The van der Waals surface area contributed by atoms with Gasteiger partial charge in [0.25, 0.3) is 0 Å². The molecule has 0 bridgehead atoms. The van der Waals surface area contributed by atoms with E-state index in [1.807, 2.05) is 0 Å². The van der Waals surface area contributed by atoms with E-state index in [1.165, 1.54) is 11.1 Å². The third kappa shape index (κ3) is 1.14. The Balaban J connectivity index is 2.36. The molecule has 0 fully saturated rings. The van der Waals surface area contributed by atoms with Gasteiger partial charge in [0.1, 0.15) is 0 Å². The molecule has 0 aromatic heterocycles.